The number of aromatic amines is 1. The van der Waals surface area contributed by atoms with Gasteiger partial charge in [-0.15, -0.1) is 0 Å². The number of nitriles is 1. The molecule has 1 aromatic carbocycles. The number of halogens is 2. The molecule has 104 valence electrons. The van der Waals surface area contributed by atoms with Crippen LogP contribution >= 0.6 is 15.9 Å². The van der Waals surface area contributed by atoms with Crippen molar-refractivity contribution in [2.75, 3.05) is 11.9 Å². The Hall–Kier alpha value is -1.87. The third kappa shape index (κ3) is 3.17. The Balaban J connectivity index is 1.90. The maximum atomic E-state index is 13.9. The van der Waals surface area contributed by atoms with E-state index in [-0.39, 0.29) is 4.47 Å². The number of benzene rings is 1. The molecule has 2 aromatic rings. The molecule has 0 saturated heterocycles. The molecule has 0 saturated carbocycles. The quantitative estimate of drug-likeness (QED) is 0.821. The Morgan fingerprint density at radius 1 is 1.50 bits per heavy atom. The predicted molar refractivity (Wildman–Crippen MR) is 79.0 cm³/mol. The molecule has 20 heavy (non-hydrogen) atoms. The minimum Gasteiger partial charge on any atom is -0.383 e. The van der Waals surface area contributed by atoms with Gasteiger partial charge in [0.1, 0.15) is 6.07 Å². The molecule has 1 aromatic heterocycles. The van der Waals surface area contributed by atoms with Crippen LogP contribution in [0.3, 0.4) is 0 Å². The molecular weight excluding hydrogens is 323 g/mol. The summed E-state index contributed by atoms with van der Waals surface area (Å²) in [4.78, 5) is 0. The van der Waals surface area contributed by atoms with Crippen molar-refractivity contribution >= 4 is 21.6 Å². The first-order chi connectivity index (χ1) is 9.63. The Kier molecular flexibility index (Phi) is 4.74. The Labute approximate surface area is 125 Å². The third-order valence-electron chi connectivity index (χ3n) is 3.08. The molecule has 4 nitrogen and oxygen atoms in total. The summed E-state index contributed by atoms with van der Waals surface area (Å²) >= 11 is 3.09. The lowest BCUT2D eigenvalue weighted by atomic mass is 10.1. The maximum Gasteiger partial charge on any atom is 0.161 e. The van der Waals surface area contributed by atoms with Gasteiger partial charge in [-0.25, -0.2) is 4.39 Å². The largest absolute Gasteiger partial charge is 0.383 e. The van der Waals surface area contributed by atoms with Gasteiger partial charge in [0.05, 0.1) is 21.9 Å². The molecule has 0 aliphatic carbocycles. The highest BCUT2D eigenvalue weighted by atomic mass is 79.9. The molecule has 1 heterocycles. The van der Waals surface area contributed by atoms with Crippen LogP contribution in [0.1, 0.15) is 23.2 Å². The highest BCUT2D eigenvalue weighted by molar-refractivity contribution is 9.10. The maximum absolute atomic E-state index is 13.9. The summed E-state index contributed by atoms with van der Waals surface area (Å²) in [5.74, 6) is -0.427. The van der Waals surface area contributed by atoms with E-state index < -0.39 is 5.82 Å². The van der Waals surface area contributed by atoms with Crippen LogP contribution in [0.2, 0.25) is 0 Å². The minimum absolute atomic E-state index is 0.204. The van der Waals surface area contributed by atoms with E-state index in [4.69, 9.17) is 5.26 Å². The van der Waals surface area contributed by atoms with Crippen LogP contribution in [0.5, 0.6) is 0 Å². The summed E-state index contributed by atoms with van der Waals surface area (Å²) in [6, 6.07) is 5.11. The molecule has 0 bridgehead atoms. The van der Waals surface area contributed by atoms with Gasteiger partial charge in [-0.3, -0.25) is 5.10 Å². The number of rotatable bonds is 5. The van der Waals surface area contributed by atoms with E-state index in [1.807, 2.05) is 19.2 Å². The molecular formula is C14H14BrFN4. The average Bonchev–Trinajstić information content (AvgIpc) is 2.85. The lowest BCUT2D eigenvalue weighted by Gasteiger charge is -2.09. The zero-order valence-electron chi connectivity index (χ0n) is 11.0. The lowest BCUT2D eigenvalue weighted by Crippen LogP contribution is -2.05. The molecule has 0 spiro atoms. The number of hydrogen-bond acceptors (Lipinski definition) is 3. The summed E-state index contributed by atoms with van der Waals surface area (Å²) in [5, 5.41) is 18.7. The van der Waals surface area contributed by atoms with Crippen molar-refractivity contribution in [3.63, 3.8) is 0 Å². The van der Waals surface area contributed by atoms with Crippen LogP contribution in [-0.2, 0) is 6.42 Å². The predicted octanol–water partition coefficient (Wildman–Crippen LogP) is 3.54. The van der Waals surface area contributed by atoms with Crippen LogP contribution in [0.25, 0.3) is 0 Å². The highest BCUT2D eigenvalue weighted by Gasteiger charge is 2.10. The Bertz CT molecular complexity index is 645. The van der Waals surface area contributed by atoms with Gasteiger partial charge in [-0.05, 0) is 53.4 Å². The van der Waals surface area contributed by atoms with Crippen LogP contribution < -0.4 is 5.32 Å². The number of aryl methyl sites for hydroxylation is 2. The highest BCUT2D eigenvalue weighted by Crippen LogP contribution is 2.26. The SMILES string of the molecule is Cc1[nH]ncc1CCCNc1ccc(C#N)c(Br)c1F. The third-order valence-corrected chi connectivity index (χ3v) is 3.85. The topological polar surface area (TPSA) is 64.5 Å². The molecule has 2 N–H and O–H groups in total. The van der Waals surface area contributed by atoms with Crippen molar-refractivity contribution in [2.45, 2.75) is 19.8 Å². The van der Waals surface area contributed by atoms with Crippen molar-refractivity contribution in [1.82, 2.24) is 10.2 Å². The van der Waals surface area contributed by atoms with E-state index in [2.05, 4.69) is 31.4 Å². The van der Waals surface area contributed by atoms with Gasteiger partial charge in [0.25, 0.3) is 0 Å². The van der Waals surface area contributed by atoms with Gasteiger partial charge in [0, 0.05) is 12.2 Å². The fourth-order valence-corrected chi connectivity index (χ4v) is 2.34. The van der Waals surface area contributed by atoms with Gasteiger partial charge in [0.2, 0.25) is 0 Å². The van der Waals surface area contributed by atoms with Gasteiger partial charge in [-0.1, -0.05) is 0 Å². The van der Waals surface area contributed by atoms with Crippen molar-refractivity contribution < 1.29 is 4.39 Å². The summed E-state index contributed by atoms with van der Waals surface area (Å²) in [6.45, 7) is 2.63. The molecule has 0 aliphatic rings. The first-order valence-electron chi connectivity index (χ1n) is 6.24. The Morgan fingerprint density at radius 3 is 2.95 bits per heavy atom. The molecule has 0 aliphatic heterocycles. The second-order valence-corrected chi connectivity index (χ2v) is 5.24. The van der Waals surface area contributed by atoms with E-state index in [9.17, 15) is 4.39 Å². The van der Waals surface area contributed by atoms with Gasteiger partial charge < -0.3 is 5.32 Å². The van der Waals surface area contributed by atoms with Crippen molar-refractivity contribution in [2.24, 2.45) is 0 Å². The number of H-pyrrole nitrogens is 1. The fraction of sp³-hybridized carbons (Fsp3) is 0.286. The molecule has 2 rings (SSSR count). The lowest BCUT2D eigenvalue weighted by molar-refractivity contribution is 0.622. The van der Waals surface area contributed by atoms with E-state index in [1.165, 1.54) is 5.56 Å². The molecule has 0 unspecified atom stereocenters. The number of nitrogens with one attached hydrogen (secondary N) is 2. The summed E-state index contributed by atoms with van der Waals surface area (Å²) in [5.41, 5.74) is 2.94. The zero-order chi connectivity index (χ0) is 14.5. The molecule has 0 atom stereocenters. The van der Waals surface area contributed by atoms with Gasteiger partial charge in [0.15, 0.2) is 5.82 Å². The van der Waals surface area contributed by atoms with Crippen LogP contribution in [0.15, 0.2) is 22.8 Å². The number of anilines is 1. The molecule has 0 amide bonds. The number of nitrogens with zero attached hydrogens (tertiary/aromatic N) is 2. The van der Waals surface area contributed by atoms with E-state index >= 15 is 0 Å². The molecule has 0 radical (unpaired) electrons. The van der Waals surface area contributed by atoms with E-state index in [0.29, 0.717) is 17.8 Å². The summed E-state index contributed by atoms with van der Waals surface area (Å²) < 4.78 is 14.1. The first kappa shape index (κ1) is 14.5. The average molecular weight is 337 g/mol. The zero-order valence-corrected chi connectivity index (χ0v) is 12.6. The van der Waals surface area contributed by atoms with E-state index in [0.717, 1.165) is 18.5 Å². The molecule has 0 fully saturated rings. The number of aromatic nitrogens is 2. The van der Waals surface area contributed by atoms with Crippen LogP contribution in [-0.4, -0.2) is 16.7 Å². The van der Waals surface area contributed by atoms with Gasteiger partial charge in [-0.2, -0.15) is 10.4 Å². The number of hydrogen-bond donors (Lipinski definition) is 2. The van der Waals surface area contributed by atoms with Crippen molar-refractivity contribution in [3.05, 3.63) is 45.4 Å². The normalized spacial score (nSPS) is 10.3. The second-order valence-electron chi connectivity index (χ2n) is 4.45. The monoisotopic (exact) mass is 336 g/mol. The van der Waals surface area contributed by atoms with Gasteiger partial charge >= 0.3 is 0 Å². The van der Waals surface area contributed by atoms with Crippen molar-refractivity contribution in [3.8, 4) is 6.07 Å². The smallest absolute Gasteiger partial charge is 0.161 e. The molecule has 6 heteroatoms. The summed E-state index contributed by atoms with van der Waals surface area (Å²) in [7, 11) is 0. The fourth-order valence-electron chi connectivity index (χ4n) is 1.90. The second kappa shape index (κ2) is 6.53. The minimum atomic E-state index is -0.427. The van der Waals surface area contributed by atoms with E-state index in [1.54, 1.807) is 12.1 Å². The van der Waals surface area contributed by atoms with Crippen LogP contribution in [0.4, 0.5) is 10.1 Å². The Morgan fingerprint density at radius 2 is 2.30 bits per heavy atom. The first-order valence-corrected chi connectivity index (χ1v) is 7.03. The van der Waals surface area contributed by atoms with Crippen molar-refractivity contribution in [1.29, 1.82) is 5.26 Å². The summed E-state index contributed by atoms with van der Waals surface area (Å²) in [6.07, 6.45) is 3.57. The standard InChI is InChI=1S/C14H14BrFN4/c1-9-11(8-19-20-9)3-2-6-18-12-5-4-10(7-17)13(15)14(12)16/h4-5,8,18H,2-3,6H2,1H3,(H,19,20). The van der Waals surface area contributed by atoms with Crippen LogP contribution in [0, 0.1) is 24.1 Å².